The van der Waals surface area contributed by atoms with Gasteiger partial charge in [-0.1, -0.05) is 106 Å². The molecule has 0 heterocycles. The second-order valence-corrected chi connectivity index (χ2v) is 16.0. The normalized spacial score (nSPS) is 21.0. The second kappa shape index (κ2) is 19.9. The molecule has 2 aliphatic carbocycles. The van der Waals surface area contributed by atoms with Crippen molar-refractivity contribution in [2.45, 2.75) is 122 Å². The molecule has 0 saturated heterocycles. The monoisotopic (exact) mass is 706 g/mol. The first-order valence-electron chi connectivity index (χ1n) is 20.1. The fourth-order valence-electron chi connectivity index (χ4n) is 8.50. The zero-order chi connectivity index (χ0) is 36.9. The largest absolute Gasteiger partial charge is 0.462 e. The Morgan fingerprint density at radius 2 is 1.27 bits per heavy atom. The number of fused-ring (bicyclic) bond motifs is 1. The predicted molar refractivity (Wildman–Crippen MR) is 212 cm³/mol. The van der Waals surface area contributed by atoms with E-state index < -0.39 is 18.5 Å². The molecule has 1 N–H and O–H groups in total. The highest BCUT2D eigenvalue weighted by Crippen LogP contribution is 2.40. The van der Waals surface area contributed by atoms with E-state index in [0.29, 0.717) is 17.4 Å². The van der Waals surface area contributed by atoms with E-state index in [9.17, 15) is 14.7 Å². The molecule has 2 fully saturated rings. The van der Waals surface area contributed by atoms with Gasteiger partial charge in [0, 0.05) is 11.5 Å². The van der Waals surface area contributed by atoms with Crippen LogP contribution < -0.4 is 0 Å². The molecule has 0 spiro atoms. The highest BCUT2D eigenvalue weighted by Gasteiger charge is 2.27. The molecule has 0 aliphatic heterocycles. The summed E-state index contributed by atoms with van der Waals surface area (Å²) in [5, 5.41) is 11.8. The topological polar surface area (TPSA) is 72.8 Å². The molecule has 0 bridgehead atoms. The summed E-state index contributed by atoms with van der Waals surface area (Å²) in [4.78, 5) is 24.2. The second-order valence-electron chi connectivity index (χ2n) is 16.0. The average molecular weight is 707 g/mol. The van der Waals surface area contributed by atoms with Crippen LogP contribution in [-0.4, -0.2) is 36.9 Å². The van der Waals surface area contributed by atoms with Crippen molar-refractivity contribution in [3.8, 4) is 0 Å². The molecule has 2 aliphatic rings. The lowest BCUT2D eigenvalue weighted by atomic mass is 9.75. The van der Waals surface area contributed by atoms with Gasteiger partial charge < -0.3 is 14.6 Å². The van der Waals surface area contributed by atoms with Crippen LogP contribution in [0, 0.1) is 17.8 Å². The molecule has 2 saturated carbocycles. The maximum Gasteiger partial charge on any atom is 0.335 e. The number of ether oxygens (including phenoxy) is 2. The summed E-state index contributed by atoms with van der Waals surface area (Å²) in [6.07, 6.45) is 18.4. The van der Waals surface area contributed by atoms with Crippen molar-refractivity contribution in [1.29, 1.82) is 0 Å². The van der Waals surface area contributed by atoms with E-state index >= 15 is 0 Å². The van der Waals surface area contributed by atoms with Crippen molar-refractivity contribution in [3.63, 3.8) is 0 Å². The fourth-order valence-corrected chi connectivity index (χ4v) is 8.50. The van der Waals surface area contributed by atoms with Gasteiger partial charge in [-0.2, -0.15) is 0 Å². The van der Waals surface area contributed by atoms with Crippen LogP contribution in [0.25, 0.3) is 10.8 Å². The van der Waals surface area contributed by atoms with Gasteiger partial charge in [-0.25, -0.2) is 9.59 Å². The summed E-state index contributed by atoms with van der Waals surface area (Å²) >= 11 is 0. The molecule has 5 nitrogen and oxygen atoms in total. The third-order valence-corrected chi connectivity index (χ3v) is 11.9. The Kier molecular flexibility index (Phi) is 15.2. The Hall–Kier alpha value is -3.70. The first-order chi connectivity index (χ1) is 25.2. The number of aliphatic hydroxyl groups is 1. The van der Waals surface area contributed by atoms with Crippen molar-refractivity contribution >= 4 is 22.7 Å². The minimum atomic E-state index is -0.615. The van der Waals surface area contributed by atoms with Crippen molar-refractivity contribution in [3.05, 3.63) is 107 Å². The van der Waals surface area contributed by atoms with Gasteiger partial charge in [0.05, 0.1) is 25.4 Å². The van der Waals surface area contributed by atoms with Crippen molar-refractivity contribution in [1.82, 2.24) is 0 Å². The molecule has 5 heteroatoms. The Labute approximate surface area is 312 Å². The lowest BCUT2D eigenvalue weighted by molar-refractivity contribution is -0.144. The molecule has 3 aromatic carbocycles. The molecule has 280 valence electrons. The zero-order valence-corrected chi connectivity index (χ0v) is 31.9. The quantitative estimate of drug-likeness (QED) is 0.0810. The van der Waals surface area contributed by atoms with E-state index in [0.717, 1.165) is 56.8 Å². The number of esters is 2. The number of hydrogen-bond acceptors (Lipinski definition) is 5. The molecule has 1 atom stereocenters. The molecular weight excluding hydrogens is 645 g/mol. The predicted octanol–water partition coefficient (Wildman–Crippen LogP) is 11.0. The molecule has 1 unspecified atom stereocenters. The molecular formula is C47H62O5. The third-order valence-electron chi connectivity index (χ3n) is 11.9. The van der Waals surface area contributed by atoms with Crippen LogP contribution in [0.4, 0.5) is 0 Å². The number of aryl methyl sites for hydroxylation is 2. The number of aliphatic hydroxyl groups excluding tert-OH is 1. The number of carbonyl (C=O) groups excluding carboxylic acids is 2. The molecule has 52 heavy (non-hydrogen) atoms. The minimum Gasteiger partial charge on any atom is -0.462 e. The minimum absolute atomic E-state index is 0.0191. The highest BCUT2D eigenvalue weighted by atomic mass is 16.5. The molecule has 5 rings (SSSR count). The van der Waals surface area contributed by atoms with Crippen LogP contribution in [0.2, 0.25) is 0 Å². The Morgan fingerprint density at radius 3 is 1.92 bits per heavy atom. The Bertz CT molecular complexity index is 1620. The molecule has 3 aromatic rings. The maximum absolute atomic E-state index is 12.1. The highest BCUT2D eigenvalue weighted by molar-refractivity contribution is 5.88. The van der Waals surface area contributed by atoms with E-state index in [1.165, 1.54) is 78.8 Å². The van der Waals surface area contributed by atoms with E-state index in [1.54, 1.807) is 12.5 Å². The summed E-state index contributed by atoms with van der Waals surface area (Å²) in [5.74, 6) is 1.52. The summed E-state index contributed by atoms with van der Waals surface area (Å²) in [6.45, 7) is 11.0. The van der Waals surface area contributed by atoms with Gasteiger partial charge in [0.2, 0.25) is 0 Å². The van der Waals surface area contributed by atoms with Gasteiger partial charge in [0.15, 0.2) is 0 Å². The van der Waals surface area contributed by atoms with Crippen molar-refractivity contribution < 1.29 is 24.2 Å². The first kappa shape index (κ1) is 39.5. The molecule has 0 aromatic heterocycles. The average Bonchev–Trinajstić information content (AvgIpc) is 3.18. The SMILES string of the molecule is C=C(C)C(=O)OCC(COC(=O)C(=C)CO)CC1CCC(c2ccc3cc(CCc4ccc(C5CCC(CCCCC)CC5)cc4)ccc3c2)CC1. The van der Waals surface area contributed by atoms with E-state index in [2.05, 4.69) is 80.7 Å². The van der Waals surface area contributed by atoms with Gasteiger partial charge in [-0.05, 0) is 134 Å². The van der Waals surface area contributed by atoms with E-state index in [1.807, 2.05) is 0 Å². The zero-order valence-electron chi connectivity index (χ0n) is 31.9. The van der Waals surface area contributed by atoms with Gasteiger partial charge >= 0.3 is 11.9 Å². The van der Waals surface area contributed by atoms with Gasteiger partial charge in [-0.15, -0.1) is 0 Å². The number of carbonyl (C=O) groups is 2. The molecule has 0 amide bonds. The Balaban J connectivity index is 1.08. The van der Waals surface area contributed by atoms with Gasteiger partial charge in [0.25, 0.3) is 0 Å². The van der Waals surface area contributed by atoms with Crippen LogP contribution in [0.3, 0.4) is 0 Å². The summed E-state index contributed by atoms with van der Waals surface area (Å²) < 4.78 is 10.8. The summed E-state index contributed by atoms with van der Waals surface area (Å²) in [5.41, 5.74) is 6.13. The third kappa shape index (κ3) is 11.7. The van der Waals surface area contributed by atoms with Crippen LogP contribution in [-0.2, 0) is 31.9 Å². The van der Waals surface area contributed by atoms with Crippen LogP contribution >= 0.6 is 0 Å². The smallest absolute Gasteiger partial charge is 0.335 e. The van der Waals surface area contributed by atoms with Crippen LogP contribution in [0.5, 0.6) is 0 Å². The standard InChI is InChI=1S/C47H62O5/c1-5-6-7-8-35-11-18-40(19-12-35)41-20-13-36(14-21-41)9-10-38-17-24-45-29-44(26-25-43(45)28-38)42-22-15-37(16-23-42)27-39(31-51-46(49)33(2)3)32-52-47(50)34(4)30-48/h13-14,17,20-21,24-26,28-29,35,37,39-40,42,48H,2,4-12,15-16,18-19,22-23,27,30-32H2,1,3H3. The lowest BCUT2D eigenvalue weighted by Crippen LogP contribution is -2.25. The Morgan fingerprint density at radius 1 is 0.712 bits per heavy atom. The molecule has 0 radical (unpaired) electrons. The number of unbranched alkanes of at least 4 members (excludes halogenated alkanes) is 2. The van der Waals surface area contributed by atoms with Gasteiger partial charge in [0.1, 0.15) is 0 Å². The van der Waals surface area contributed by atoms with E-state index in [-0.39, 0.29) is 24.7 Å². The maximum atomic E-state index is 12.1. The van der Waals surface area contributed by atoms with Gasteiger partial charge in [-0.3, -0.25) is 0 Å². The fraction of sp³-hybridized carbons (Fsp3) is 0.532. The first-order valence-corrected chi connectivity index (χ1v) is 20.1. The lowest BCUT2D eigenvalue weighted by Gasteiger charge is -2.31. The number of benzene rings is 3. The number of hydrogen-bond donors (Lipinski definition) is 1. The summed E-state index contributed by atoms with van der Waals surface area (Å²) in [7, 11) is 0. The van der Waals surface area contributed by atoms with E-state index in [4.69, 9.17) is 9.47 Å². The van der Waals surface area contributed by atoms with Crippen molar-refractivity contribution in [2.24, 2.45) is 17.8 Å². The number of rotatable bonds is 18. The van der Waals surface area contributed by atoms with Crippen LogP contribution in [0.15, 0.2) is 85.0 Å². The van der Waals surface area contributed by atoms with Crippen molar-refractivity contribution in [2.75, 3.05) is 19.8 Å². The summed E-state index contributed by atoms with van der Waals surface area (Å²) in [6, 6.07) is 23.5. The van der Waals surface area contributed by atoms with Crippen LogP contribution in [0.1, 0.15) is 131 Å².